The van der Waals surface area contributed by atoms with Crippen molar-refractivity contribution in [3.8, 4) is 5.75 Å². The topological polar surface area (TPSA) is 76.4 Å². The molecule has 2 amide bonds. The van der Waals surface area contributed by atoms with Crippen LogP contribution in [0.25, 0.3) is 0 Å². The Morgan fingerprint density at radius 1 is 1.14 bits per heavy atom. The summed E-state index contributed by atoms with van der Waals surface area (Å²) in [4.78, 5) is 12.0. The Kier molecular flexibility index (Phi) is 4.79. The molecular formula is C16H19N3O2. The minimum atomic E-state index is -0.305. The molecule has 110 valence electrons. The van der Waals surface area contributed by atoms with Gasteiger partial charge in [0.1, 0.15) is 5.75 Å². The van der Waals surface area contributed by atoms with Crippen molar-refractivity contribution in [1.29, 1.82) is 0 Å². The SMILES string of the molecule is COc1ccc(NC(=O)Nc2cccc(C)c2CN)cc1. The maximum atomic E-state index is 12.0. The lowest BCUT2D eigenvalue weighted by Gasteiger charge is -2.13. The van der Waals surface area contributed by atoms with E-state index < -0.39 is 0 Å². The fourth-order valence-electron chi connectivity index (χ4n) is 2.05. The normalized spacial score (nSPS) is 10.0. The Bertz CT molecular complexity index is 624. The Morgan fingerprint density at radius 3 is 2.48 bits per heavy atom. The highest BCUT2D eigenvalue weighted by atomic mass is 16.5. The monoisotopic (exact) mass is 285 g/mol. The summed E-state index contributed by atoms with van der Waals surface area (Å²) >= 11 is 0. The third-order valence-corrected chi connectivity index (χ3v) is 3.21. The van der Waals surface area contributed by atoms with Crippen molar-refractivity contribution in [2.75, 3.05) is 17.7 Å². The zero-order chi connectivity index (χ0) is 15.2. The van der Waals surface area contributed by atoms with Crippen molar-refractivity contribution in [1.82, 2.24) is 0 Å². The lowest BCUT2D eigenvalue weighted by molar-refractivity contribution is 0.262. The van der Waals surface area contributed by atoms with Crippen molar-refractivity contribution in [3.63, 3.8) is 0 Å². The number of nitrogens with one attached hydrogen (secondary N) is 2. The standard InChI is InChI=1S/C16H19N3O2/c1-11-4-3-5-15(14(11)10-17)19-16(20)18-12-6-8-13(21-2)9-7-12/h3-9H,10,17H2,1-2H3,(H2,18,19,20). The average Bonchev–Trinajstić information content (AvgIpc) is 2.48. The molecule has 0 saturated carbocycles. The highest BCUT2D eigenvalue weighted by molar-refractivity contribution is 6.00. The fourth-order valence-corrected chi connectivity index (χ4v) is 2.05. The number of carbonyl (C=O) groups excluding carboxylic acids is 1. The number of aryl methyl sites for hydroxylation is 1. The number of rotatable bonds is 4. The molecule has 2 aromatic rings. The van der Waals surface area contributed by atoms with Crippen LogP contribution in [0.1, 0.15) is 11.1 Å². The Hall–Kier alpha value is -2.53. The molecule has 2 rings (SSSR count). The van der Waals surface area contributed by atoms with E-state index in [1.807, 2.05) is 25.1 Å². The van der Waals surface area contributed by atoms with Gasteiger partial charge in [-0.25, -0.2) is 4.79 Å². The molecular weight excluding hydrogens is 266 g/mol. The van der Waals surface area contributed by atoms with Crippen LogP contribution in [0.5, 0.6) is 5.75 Å². The number of hydrogen-bond acceptors (Lipinski definition) is 3. The van der Waals surface area contributed by atoms with E-state index in [-0.39, 0.29) is 6.03 Å². The summed E-state index contributed by atoms with van der Waals surface area (Å²) in [6.45, 7) is 2.35. The predicted octanol–water partition coefficient (Wildman–Crippen LogP) is 3.11. The first-order chi connectivity index (χ1) is 10.1. The Labute approximate surface area is 124 Å². The third-order valence-electron chi connectivity index (χ3n) is 3.21. The number of urea groups is 1. The van der Waals surface area contributed by atoms with E-state index >= 15 is 0 Å². The van der Waals surface area contributed by atoms with Gasteiger partial charge >= 0.3 is 6.03 Å². The molecule has 0 aliphatic rings. The average molecular weight is 285 g/mol. The summed E-state index contributed by atoms with van der Waals surface area (Å²) in [5.41, 5.74) is 9.13. The molecule has 0 heterocycles. The van der Waals surface area contributed by atoms with E-state index in [4.69, 9.17) is 10.5 Å². The number of carbonyl (C=O) groups is 1. The summed E-state index contributed by atoms with van der Waals surface area (Å²) < 4.78 is 5.07. The van der Waals surface area contributed by atoms with Crippen molar-refractivity contribution >= 4 is 17.4 Å². The maximum Gasteiger partial charge on any atom is 0.323 e. The zero-order valence-corrected chi connectivity index (χ0v) is 12.1. The first-order valence-electron chi connectivity index (χ1n) is 6.64. The summed E-state index contributed by atoms with van der Waals surface area (Å²) in [5, 5.41) is 5.58. The molecule has 5 heteroatoms. The third kappa shape index (κ3) is 3.73. The highest BCUT2D eigenvalue weighted by Gasteiger charge is 2.08. The lowest BCUT2D eigenvalue weighted by Crippen LogP contribution is -2.21. The van der Waals surface area contributed by atoms with Gasteiger partial charge in [-0.3, -0.25) is 0 Å². The molecule has 21 heavy (non-hydrogen) atoms. The molecule has 0 spiro atoms. The van der Waals surface area contributed by atoms with Crippen molar-refractivity contribution in [2.24, 2.45) is 5.73 Å². The minimum Gasteiger partial charge on any atom is -0.497 e. The van der Waals surface area contributed by atoms with Gasteiger partial charge < -0.3 is 21.1 Å². The number of amides is 2. The highest BCUT2D eigenvalue weighted by Crippen LogP contribution is 2.20. The number of methoxy groups -OCH3 is 1. The fraction of sp³-hybridized carbons (Fsp3) is 0.188. The lowest BCUT2D eigenvalue weighted by atomic mass is 10.1. The largest absolute Gasteiger partial charge is 0.497 e. The molecule has 0 aliphatic carbocycles. The van der Waals surface area contributed by atoms with Crippen molar-refractivity contribution in [3.05, 3.63) is 53.6 Å². The van der Waals surface area contributed by atoms with Crippen LogP contribution >= 0.6 is 0 Å². The first-order valence-corrected chi connectivity index (χ1v) is 6.64. The molecule has 0 radical (unpaired) electrons. The molecule has 0 aromatic heterocycles. The van der Waals surface area contributed by atoms with E-state index in [9.17, 15) is 4.79 Å². The van der Waals surface area contributed by atoms with E-state index in [2.05, 4.69) is 10.6 Å². The van der Waals surface area contributed by atoms with Crippen LogP contribution in [0.2, 0.25) is 0 Å². The molecule has 0 saturated heterocycles. The molecule has 0 unspecified atom stereocenters. The predicted molar refractivity (Wildman–Crippen MR) is 84.7 cm³/mol. The second-order valence-corrected chi connectivity index (χ2v) is 4.61. The van der Waals surface area contributed by atoms with Crippen LogP contribution in [-0.4, -0.2) is 13.1 Å². The van der Waals surface area contributed by atoms with Crippen LogP contribution in [0, 0.1) is 6.92 Å². The van der Waals surface area contributed by atoms with Crippen LogP contribution in [0.3, 0.4) is 0 Å². The van der Waals surface area contributed by atoms with Gasteiger partial charge in [0, 0.05) is 17.9 Å². The molecule has 5 nitrogen and oxygen atoms in total. The van der Waals surface area contributed by atoms with Gasteiger partial charge in [0.05, 0.1) is 7.11 Å². The summed E-state index contributed by atoms with van der Waals surface area (Å²) in [5.74, 6) is 0.741. The molecule has 2 aromatic carbocycles. The quantitative estimate of drug-likeness (QED) is 0.808. The van der Waals surface area contributed by atoms with E-state index in [0.717, 1.165) is 22.6 Å². The molecule has 0 bridgehead atoms. The van der Waals surface area contributed by atoms with Crippen LogP contribution in [0.4, 0.5) is 16.2 Å². The molecule has 4 N–H and O–H groups in total. The van der Waals surface area contributed by atoms with Gasteiger partial charge in [-0.1, -0.05) is 12.1 Å². The van der Waals surface area contributed by atoms with Gasteiger partial charge in [0.2, 0.25) is 0 Å². The van der Waals surface area contributed by atoms with Gasteiger partial charge in [-0.15, -0.1) is 0 Å². The zero-order valence-electron chi connectivity index (χ0n) is 12.1. The van der Waals surface area contributed by atoms with E-state index in [0.29, 0.717) is 12.2 Å². The van der Waals surface area contributed by atoms with Gasteiger partial charge in [0.25, 0.3) is 0 Å². The number of anilines is 2. The first kappa shape index (κ1) is 14.9. The molecule has 0 aliphatic heterocycles. The van der Waals surface area contributed by atoms with Crippen molar-refractivity contribution in [2.45, 2.75) is 13.5 Å². The van der Waals surface area contributed by atoms with E-state index in [1.165, 1.54) is 0 Å². The summed E-state index contributed by atoms with van der Waals surface area (Å²) in [6, 6.07) is 12.5. The van der Waals surface area contributed by atoms with Gasteiger partial charge in [-0.2, -0.15) is 0 Å². The number of benzene rings is 2. The number of nitrogens with two attached hydrogens (primary N) is 1. The van der Waals surface area contributed by atoms with Gasteiger partial charge in [0.15, 0.2) is 0 Å². The summed E-state index contributed by atoms with van der Waals surface area (Å²) in [6.07, 6.45) is 0. The minimum absolute atomic E-state index is 0.305. The molecule has 0 atom stereocenters. The van der Waals surface area contributed by atoms with Gasteiger partial charge in [-0.05, 0) is 48.4 Å². The van der Waals surface area contributed by atoms with Crippen LogP contribution < -0.4 is 21.1 Å². The second-order valence-electron chi connectivity index (χ2n) is 4.61. The van der Waals surface area contributed by atoms with Crippen molar-refractivity contribution < 1.29 is 9.53 Å². The Morgan fingerprint density at radius 2 is 1.86 bits per heavy atom. The van der Waals surface area contributed by atoms with Crippen LogP contribution in [-0.2, 0) is 6.54 Å². The Balaban J connectivity index is 2.06. The van der Waals surface area contributed by atoms with Crippen LogP contribution in [0.15, 0.2) is 42.5 Å². The maximum absolute atomic E-state index is 12.0. The number of hydrogen-bond donors (Lipinski definition) is 3. The number of ether oxygens (including phenoxy) is 1. The smallest absolute Gasteiger partial charge is 0.323 e. The molecule has 0 fully saturated rings. The summed E-state index contributed by atoms with van der Waals surface area (Å²) in [7, 11) is 1.60. The second kappa shape index (κ2) is 6.76. The van der Waals surface area contributed by atoms with E-state index in [1.54, 1.807) is 31.4 Å².